The van der Waals surface area contributed by atoms with E-state index < -0.39 is 31.0 Å². The summed E-state index contributed by atoms with van der Waals surface area (Å²) in [4.78, 5) is 0. The van der Waals surface area contributed by atoms with Crippen LogP contribution in [0.25, 0.3) is 0 Å². The molecule has 4 nitrogen and oxygen atoms in total. The Hall–Kier alpha value is 0.784. The Morgan fingerprint density at radius 1 is 1.00 bits per heavy atom. The molecule has 41 valence electrons. The number of rotatable bonds is 0. The fourth-order valence-corrected chi connectivity index (χ4v) is 0. The van der Waals surface area contributed by atoms with E-state index >= 15 is 0 Å². The molecular weight excluding hydrogens is 182 g/mol. The molecule has 0 aromatic carbocycles. The van der Waals surface area contributed by atoms with E-state index in [2.05, 4.69) is 0 Å². The van der Waals surface area contributed by atoms with Crippen molar-refractivity contribution < 1.29 is 33.0 Å². The van der Waals surface area contributed by atoms with E-state index in [1.807, 2.05) is 0 Å². The molecule has 1 radical (unpaired) electrons. The molecule has 0 saturated carbocycles. The minimum absolute atomic E-state index is 0. The zero-order valence-electron chi connectivity index (χ0n) is 3.09. The Kier molecular flexibility index (Phi) is 65.5. The van der Waals surface area contributed by atoms with E-state index in [1.165, 1.54) is 0 Å². The van der Waals surface area contributed by atoms with Gasteiger partial charge in [-0.15, -0.1) is 0 Å². The second kappa shape index (κ2) is 29.3. The number of hydrogen-bond donors (Lipinski definition) is 0. The second-order valence-electron chi connectivity index (χ2n) is 0.192. The van der Waals surface area contributed by atoms with Crippen LogP contribution in [0.5, 0.6) is 0 Å². The zero-order chi connectivity index (χ0) is 5.41. The van der Waals surface area contributed by atoms with Crippen molar-refractivity contribution in [2.75, 3.05) is 0 Å². The van der Waals surface area contributed by atoms with Gasteiger partial charge in [-0.25, -0.2) is 0 Å². The molecule has 0 heterocycles. The first kappa shape index (κ1) is 15.7. The molecule has 0 aliphatic heterocycles. The summed E-state index contributed by atoms with van der Waals surface area (Å²) in [6, 6.07) is 0. The zero-order valence-corrected chi connectivity index (χ0v) is 6.34. The molecule has 0 aromatic rings. The third kappa shape index (κ3) is 252. The molecule has 0 rings (SSSR count). The van der Waals surface area contributed by atoms with Gasteiger partial charge in [0.1, 0.15) is 0 Å². The molecule has 0 saturated heterocycles. The Bertz CT molecular complexity index is 30.7. The van der Waals surface area contributed by atoms with Gasteiger partial charge in [-0.1, -0.05) is 0 Å². The maximum absolute atomic E-state index is 8.46. The van der Waals surface area contributed by atoms with Crippen LogP contribution < -0.4 is 8.32 Å². The summed E-state index contributed by atoms with van der Waals surface area (Å²) in [7, 11) is 0. The Morgan fingerprint density at radius 2 is 1.00 bits per heavy atom. The summed E-state index contributed by atoms with van der Waals surface area (Å²) in [6.07, 6.45) is 0. The Labute approximate surface area is 63.9 Å². The predicted octanol–water partition coefficient (Wildman–Crippen LogP) is -3.38. The van der Waals surface area contributed by atoms with Gasteiger partial charge in [0.25, 0.3) is 0 Å². The van der Waals surface area contributed by atoms with E-state index in [4.69, 9.17) is 15.9 Å². The van der Waals surface area contributed by atoms with Gasteiger partial charge in [0.2, 0.25) is 0 Å². The molecule has 0 bridgehead atoms. The van der Waals surface area contributed by atoms with Crippen molar-refractivity contribution in [1.29, 1.82) is 0 Å². The molecule has 0 spiro atoms. The summed E-state index contributed by atoms with van der Waals surface area (Å²) in [5.41, 5.74) is 0. The molecule has 7 heavy (non-hydrogen) atoms. The van der Waals surface area contributed by atoms with Crippen molar-refractivity contribution in [2.45, 2.75) is 0 Å². The van der Waals surface area contributed by atoms with Gasteiger partial charge in [-0.3, -0.25) is 0 Å². The first-order chi connectivity index (χ1) is 2.83. The van der Waals surface area contributed by atoms with Crippen LogP contribution in [0.3, 0.4) is 0 Å². The molecule has 7 heteroatoms. The molecule has 0 aliphatic carbocycles. The predicted molar refractivity (Wildman–Crippen MR) is 12.9 cm³/mol. The van der Waals surface area contributed by atoms with Crippen LogP contribution >= 0.6 is 0 Å². The van der Waals surface area contributed by atoms with Gasteiger partial charge < -0.3 is 0 Å². The molecule has 0 N–H and O–H groups in total. The van der Waals surface area contributed by atoms with Crippen LogP contribution in [0.15, 0.2) is 0 Å². The normalized spacial score (nSPS) is 2.29. The first-order valence-electron chi connectivity index (χ1n) is 0.943. The Balaban J connectivity index is -0.0000000400. The van der Waals surface area contributed by atoms with Crippen LogP contribution in [0.4, 0.5) is 0 Å². The molecule has 0 unspecified atom stereocenters. The van der Waals surface area contributed by atoms with E-state index in [0.717, 1.165) is 0 Å². The topological polar surface area (TPSA) is 80.3 Å². The van der Waals surface area contributed by atoms with E-state index in [9.17, 15) is 0 Å². The van der Waals surface area contributed by atoms with E-state index in [0.29, 0.717) is 0 Å². The monoisotopic (exact) mass is 181 g/mol. The summed E-state index contributed by atoms with van der Waals surface area (Å²) < 4.78 is 33.8. The number of hydrogen-bond acceptors (Lipinski definition) is 4. The van der Waals surface area contributed by atoms with Gasteiger partial charge in [0, 0.05) is 0 Å². The third-order valence-corrected chi connectivity index (χ3v) is 0. The molecule has 0 atom stereocenters. The standard InChI is InChI=1S/2Al.Cu.4O/q;;+2;;;2*-1. The quantitative estimate of drug-likeness (QED) is 0.365. The first-order valence-corrected chi connectivity index (χ1v) is 2.83. The van der Waals surface area contributed by atoms with Crippen molar-refractivity contribution in [3.8, 4) is 0 Å². The van der Waals surface area contributed by atoms with Crippen LogP contribution in [-0.4, -0.2) is 31.0 Å². The summed E-state index contributed by atoms with van der Waals surface area (Å²) >= 11 is -3.50. The minimum atomic E-state index is -1.75. The molecule has 0 aliphatic rings. The fraction of sp³-hybridized carbons (Fsp3) is 0. The second-order valence-corrected chi connectivity index (χ2v) is 0.577. The average molecular weight is 182 g/mol. The third-order valence-electron chi connectivity index (χ3n) is 0. The van der Waals surface area contributed by atoms with Crippen LogP contribution in [0.2, 0.25) is 0 Å². The molecule has 0 amide bonds. The van der Waals surface area contributed by atoms with Gasteiger partial charge in [0.15, 0.2) is 0 Å². The summed E-state index contributed by atoms with van der Waals surface area (Å²) in [5, 5.41) is 0. The summed E-state index contributed by atoms with van der Waals surface area (Å²) in [5.74, 6) is 0. The Morgan fingerprint density at radius 3 is 1.00 bits per heavy atom. The van der Waals surface area contributed by atoms with Gasteiger partial charge in [0.05, 0.1) is 0 Å². The van der Waals surface area contributed by atoms with Crippen molar-refractivity contribution in [1.82, 2.24) is 0 Å². The van der Waals surface area contributed by atoms with Crippen LogP contribution in [-0.2, 0) is 24.7 Å². The van der Waals surface area contributed by atoms with E-state index in [-0.39, 0.29) is 17.1 Å². The van der Waals surface area contributed by atoms with Gasteiger partial charge >= 0.3 is 64.0 Å². The van der Waals surface area contributed by atoms with Crippen molar-refractivity contribution in [3.63, 3.8) is 0 Å². The maximum atomic E-state index is 8.46. The SMILES string of the molecule is [Cu+2].[O]=[Al][O-].[O]=[Al][O-]. The fourth-order valence-electron chi connectivity index (χ4n) is 0. The van der Waals surface area contributed by atoms with Crippen LogP contribution in [0.1, 0.15) is 0 Å². The average Bonchev–Trinajstić information content (AvgIpc) is 1.39. The molecule has 0 fully saturated rings. The van der Waals surface area contributed by atoms with Crippen molar-refractivity contribution >= 4 is 31.0 Å². The van der Waals surface area contributed by atoms with Crippen LogP contribution in [0, 0.1) is 0 Å². The van der Waals surface area contributed by atoms with Gasteiger partial charge in [-0.05, 0) is 0 Å². The van der Waals surface area contributed by atoms with Crippen molar-refractivity contribution in [2.24, 2.45) is 0 Å². The summed E-state index contributed by atoms with van der Waals surface area (Å²) in [6.45, 7) is 0. The molecular formula is Al2CuO4. The van der Waals surface area contributed by atoms with Gasteiger partial charge in [-0.2, -0.15) is 0 Å². The van der Waals surface area contributed by atoms with Crippen molar-refractivity contribution in [3.05, 3.63) is 0 Å². The van der Waals surface area contributed by atoms with E-state index in [1.54, 1.807) is 0 Å². The molecule has 0 aromatic heterocycles.